The van der Waals surface area contributed by atoms with Crippen molar-refractivity contribution in [3.63, 3.8) is 0 Å². The second kappa shape index (κ2) is 16.3. The molecule has 0 bridgehead atoms. The fourth-order valence-corrected chi connectivity index (χ4v) is 6.01. The van der Waals surface area contributed by atoms with Crippen LogP contribution in [-0.2, 0) is 9.59 Å². The lowest BCUT2D eigenvalue weighted by Gasteiger charge is -2.19. The molecule has 5 rings (SSSR count). The van der Waals surface area contributed by atoms with Crippen LogP contribution in [-0.4, -0.2) is 31.9 Å². The molecule has 248 valence electrons. The van der Waals surface area contributed by atoms with Crippen LogP contribution in [0.15, 0.2) is 132 Å². The Bertz CT molecular complexity index is 1960. The van der Waals surface area contributed by atoms with E-state index in [0.29, 0.717) is 28.3 Å². The molecule has 3 amide bonds. The lowest BCUT2D eigenvalue weighted by atomic mass is 10.1. The van der Waals surface area contributed by atoms with E-state index >= 15 is 0 Å². The zero-order valence-corrected chi connectivity index (χ0v) is 28.5. The van der Waals surface area contributed by atoms with Gasteiger partial charge in [-0.15, -0.1) is 11.8 Å². The molecule has 0 spiro atoms. The summed E-state index contributed by atoms with van der Waals surface area (Å²) in [6.07, 6.45) is 1.54. The molecular formula is C40H37N3O5S. The van der Waals surface area contributed by atoms with Crippen LogP contribution in [0.4, 0.5) is 11.4 Å². The second-order valence-electron chi connectivity index (χ2n) is 11.1. The highest BCUT2D eigenvalue weighted by molar-refractivity contribution is 8.00. The van der Waals surface area contributed by atoms with Crippen LogP contribution in [0.2, 0.25) is 0 Å². The number of benzene rings is 5. The number of hydrogen-bond donors (Lipinski definition) is 3. The van der Waals surface area contributed by atoms with Crippen molar-refractivity contribution in [2.45, 2.75) is 24.0 Å². The number of nitrogens with one attached hydrogen (secondary N) is 3. The van der Waals surface area contributed by atoms with Crippen molar-refractivity contribution in [2.75, 3.05) is 24.9 Å². The molecule has 0 aliphatic heterocycles. The Morgan fingerprint density at radius 1 is 0.735 bits per heavy atom. The first-order valence-corrected chi connectivity index (χ1v) is 16.4. The van der Waals surface area contributed by atoms with Crippen molar-refractivity contribution in [3.8, 4) is 11.5 Å². The first-order chi connectivity index (χ1) is 23.7. The third-order valence-corrected chi connectivity index (χ3v) is 9.10. The van der Waals surface area contributed by atoms with E-state index in [1.807, 2.05) is 80.6 Å². The third kappa shape index (κ3) is 8.97. The summed E-state index contributed by atoms with van der Waals surface area (Å²) in [7, 11) is 3.07. The summed E-state index contributed by atoms with van der Waals surface area (Å²) in [6, 6.07) is 36.5. The fraction of sp³-hybridized carbons (Fsp3) is 0.125. The van der Waals surface area contributed by atoms with E-state index in [0.717, 1.165) is 27.3 Å². The smallest absolute Gasteiger partial charge is 0.272 e. The van der Waals surface area contributed by atoms with E-state index in [2.05, 4.69) is 16.0 Å². The summed E-state index contributed by atoms with van der Waals surface area (Å²) in [5.41, 5.74) is 5.21. The Hall–Kier alpha value is -5.80. The number of amides is 3. The highest BCUT2D eigenvalue weighted by Crippen LogP contribution is 2.37. The quantitative estimate of drug-likeness (QED) is 0.0913. The minimum Gasteiger partial charge on any atom is -0.497 e. The summed E-state index contributed by atoms with van der Waals surface area (Å²) in [5, 5.41) is 8.22. The molecule has 49 heavy (non-hydrogen) atoms. The van der Waals surface area contributed by atoms with Crippen molar-refractivity contribution in [1.29, 1.82) is 0 Å². The minimum absolute atomic E-state index is 0.00566. The number of thioether (sulfide) groups is 1. The number of methoxy groups -OCH3 is 2. The summed E-state index contributed by atoms with van der Waals surface area (Å²) in [4.78, 5) is 41.3. The van der Waals surface area contributed by atoms with Gasteiger partial charge in [0.2, 0.25) is 5.91 Å². The number of ether oxygens (including phenoxy) is 2. The van der Waals surface area contributed by atoms with Crippen LogP contribution in [0, 0.1) is 13.8 Å². The molecule has 0 saturated heterocycles. The standard InChI is InChI=1S/C40H37N3O5S/c1-26-12-11-17-34(27(26)2)42-40(46)37(28-13-7-5-8-14-28)49-33-21-18-31(19-22-33)41-39(45)35(43-38(44)29-15-9-6-10-16-29)25-30-24-32(47-3)20-23-36(30)48-4/h5-25,37H,1-4H3,(H,41,45)(H,42,46)(H,43,44)/b35-25-. The van der Waals surface area contributed by atoms with Gasteiger partial charge in [0.15, 0.2) is 0 Å². The number of aryl methyl sites for hydroxylation is 1. The van der Waals surface area contributed by atoms with Gasteiger partial charge in [0.05, 0.1) is 14.2 Å². The molecule has 1 unspecified atom stereocenters. The van der Waals surface area contributed by atoms with E-state index < -0.39 is 17.1 Å². The molecule has 0 saturated carbocycles. The lowest BCUT2D eigenvalue weighted by Crippen LogP contribution is -2.30. The molecule has 0 heterocycles. The monoisotopic (exact) mass is 671 g/mol. The van der Waals surface area contributed by atoms with Gasteiger partial charge in [0.25, 0.3) is 11.8 Å². The average Bonchev–Trinajstić information content (AvgIpc) is 3.13. The van der Waals surface area contributed by atoms with Gasteiger partial charge in [-0.3, -0.25) is 14.4 Å². The molecular weight excluding hydrogens is 635 g/mol. The molecule has 5 aromatic rings. The van der Waals surface area contributed by atoms with Crippen molar-refractivity contribution >= 4 is 46.9 Å². The summed E-state index contributed by atoms with van der Waals surface area (Å²) in [6.45, 7) is 4.00. The van der Waals surface area contributed by atoms with Crippen molar-refractivity contribution in [1.82, 2.24) is 5.32 Å². The fourth-order valence-electron chi connectivity index (χ4n) is 4.99. The molecule has 1 atom stereocenters. The van der Waals surface area contributed by atoms with Crippen LogP contribution in [0.5, 0.6) is 11.5 Å². The van der Waals surface area contributed by atoms with Crippen LogP contribution in [0.3, 0.4) is 0 Å². The van der Waals surface area contributed by atoms with E-state index in [-0.39, 0.29) is 11.6 Å². The second-order valence-corrected chi connectivity index (χ2v) is 12.3. The average molecular weight is 672 g/mol. The van der Waals surface area contributed by atoms with Crippen molar-refractivity contribution < 1.29 is 23.9 Å². The third-order valence-electron chi connectivity index (χ3n) is 7.83. The van der Waals surface area contributed by atoms with Gasteiger partial charge in [-0.2, -0.15) is 0 Å². The SMILES string of the molecule is COc1ccc(OC)c(/C=C(\NC(=O)c2ccccc2)C(=O)Nc2ccc(SC(C(=O)Nc3cccc(C)c3C)c3ccccc3)cc2)c1. The molecule has 3 N–H and O–H groups in total. The molecule has 0 aliphatic rings. The maximum absolute atomic E-state index is 13.7. The molecule has 9 heteroatoms. The molecule has 8 nitrogen and oxygen atoms in total. The number of anilines is 2. The molecule has 0 fully saturated rings. The van der Waals surface area contributed by atoms with Crippen LogP contribution < -0.4 is 25.4 Å². The van der Waals surface area contributed by atoms with Crippen molar-refractivity contribution in [2.24, 2.45) is 0 Å². The van der Waals surface area contributed by atoms with E-state index in [1.165, 1.54) is 18.9 Å². The van der Waals surface area contributed by atoms with Crippen LogP contribution in [0.25, 0.3) is 6.08 Å². The normalized spacial score (nSPS) is 11.6. The maximum Gasteiger partial charge on any atom is 0.272 e. The zero-order valence-electron chi connectivity index (χ0n) is 27.7. The Balaban J connectivity index is 1.37. The molecule has 0 aromatic heterocycles. The number of carbonyl (C=O) groups excluding carboxylic acids is 3. The van der Waals surface area contributed by atoms with E-state index in [9.17, 15) is 14.4 Å². The first kappa shape index (κ1) is 34.5. The van der Waals surface area contributed by atoms with Crippen LogP contribution >= 0.6 is 11.8 Å². The highest BCUT2D eigenvalue weighted by atomic mass is 32.2. The number of hydrogen-bond acceptors (Lipinski definition) is 6. The zero-order chi connectivity index (χ0) is 34.8. The Kier molecular flexibility index (Phi) is 11.5. The summed E-state index contributed by atoms with van der Waals surface area (Å²) in [5.74, 6) is -0.0627. The van der Waals surface area contributed by atoms with E-state index in [1.54, 1.807) is 67.8 Å². The van der Waals surface area contributed by atoms with Gasteiger partial charge in [-0.25, -0.2) is 0 Å². The summed E-state index contributed by atoms with van der Waals surface area (Å²) >= 11 is 1.41. The van der Waals surface area contributed by atoms with Gasteiger partial charge in [0, 0.05) is 27.4 Å². The summed E-state index contributed by atoms with van der Waals surface area (Å²) < 4.78 is 10.9. The predicted octanol–water partition coefficient (Wildman–Crippen LogP) is 8.20. The highest BCUT2D eigenvalue weighted by Gasteiger charge is 2.23. The van der Waals surface area contributed by atoms with Crippen LogP contribution in [0.1, 0.15) is 37.9 Å². The molecule has 5 aromatic carbocycles. The number of rotatable bonds is 12. The molecule has 0 radical (unpaired) electrons. The largest absolute Gasteiger partial charge is 0.497 e. The van der Waals surface area contributed by atoms with Gasteiger partial charge < -0.3 is 25.4 Å². The Morgan fingerprint density at radius 3 is 2.10 bits per heavy atom. The lowest BCUT2D eigenvalue weighted by molar-refractivity contribution is -0.116. The van der Waals surface area contributed by atoms with Crippen molar-refractivity contribution in [3.05, 3.63) is 155 Å². The predicted molar refractivity (Wildman–Crippen MR) is 196 cm³/mol. The van der Waals surface area contributed by atoms with Gasteiger partial charge in [-0.1, -0.05) is 60.7 Å². The first-order valence-electron chi connectivity index (χ1n) is 15.6. The number of carbonyl (C=O) groups is 3. The van der Waals surface area contributed by atoms with E-state index in [4.69, 9.17) is 9.47 Å². The Labute approximate surface area is 290 Å². The van der Waals surface area contributed by atoms with Gasteiger partial charge in [-0.05, 0) is 97.3 Å². The minimum atomic E-state index is -0.537. The van der Waals surface area contributed by atoms with Gasteiger partial charge >= 0.3 is 0 Å². The van der Waals surface area contributed by atoms with Gasteiger partial charge in [0.1, 0.15) is 22.4 Å². The Morgan fingerprint density at radius 2 is 1.43 bits per heavy atom. The molecule has 0 aliphatic carbocycles. The maximum atomic E-state index is 13.7. The topological polar surface area (TPSA) is 106 Å².